The molecule has 21 heavy (non-hydrogen) atoms. The van der Waals surface area contributed by atoms with Gasteiger partial charge in [-0.1, -0.05) is 6.07 Å². The zero-order valence-electron chi connectivity index (χ0n) is 11.7. The molecule has 2 heterocycles. The summed E-state index contributed by atoms with van der Waals surface area (Å²) in [4.78, 5) is 18.3. The fraction of sp³-hybridized carbons (Fsp3) is 0.333. The Balaban J connectivity index is 1.91. The third kappa shape index (κ3) is 2.82. The zero-order chi connectivity index (χ0) is 15.0. The van der Waals surface area contributed by atoms with E-state index in [1.165, 1.54) is 12.1 Å². The van der Waals surface area contributed by atoms with E-state index in [9.17, 15) is 9.18 Å². The van der Waals surface area contributed by atoms with E-state index < -0.39 is 11.9 Å². The van der Waals surface area contributed by atoms with Crippen molar-refractivity contribution in [2.24, 2.45) is 5.73 Å². The molecule has 1 unspecified atom stereocenters. The zero-order valence-corrected chi connectivity index (χ0v) is 12.5. The second-order valence-electron chi connectivity index (χ2n) is 5.23. The molecule has 1 atom stereocenters. The number of carbonyl (C=O) groups excluding carboxylic acids is 1. The molecule has 1 aromatic carbocycles. The first-order valence-electron chi connectivity index (χ1n) is 6.77. The Labute approximate surface area is 126 Å². The van der Waals surface area contributed by atoms with Gasteiger partial charge in [0.15, 0.2) is 0 Å². The second-order valence-corrected chi connectivity index (χ2v) is 6.29. The van der Waals surface area contributed by atoms with Crippen LogP contribution in [-0.2, 0) is 17.8 Å². The lowest BCUT2D eigenvalue weighted by molar-refractivity contribution is -0.124. The molecule has 1 amide bonds. The first-order chi connectivity index (χ1) is 10.0. The lowest BCUT2D eigenvalue weighted by Gasteiger charge is -2.35. The summed E-state index contributed by atoms with van der Waals surface area (Å²) in [7, 11) is 0. The number of benzene rings is 1. The van der Waals surface area contributed by atoms with Crippen LogP contribution in [0, 0.1) is 12.7 Å². The maximum Gasteiger partial charge on any atom is 0.239 e. The van der Waals surface area contributed by atoms with Gasteiger partial charge >= 0.3 is 0 Å². The molecule has 1 aliphatic heterocycles. The molecule has 0 aliphatic carbocycles. The molecule has 2 N–H and O–H groups in total. The Morgan fingerprint density at radius 1 is 1.57 bits per heavy atom. The number of thiazole rings is 1. The number of hydrogen-bond donors (Lipinski definition) is 1. The second kappa shape index (κ2) is 5.54. The van der Waals surface area contributed by atoms with Gasteiger partial charge in [0, 0.05) is 18.5 Å². The molecular formula is C15H16FN3OS. The fourth-order valence-electron chi connectivity index (χ4n) is 2.84. The normalized spacial score (nSPS) is 18.5. The lowest BCUT2D eigenvalue weighted by atomic mass is 9.92. The maximum atomic E-state index is 13.3. The van der Waals surface area contributed by atoms with Crippen LogP contribution in [0.15, 0.2) is 23.6 Å². The monoisotopic (exact) mass is 305 g/mol. The van der Waals surface area contributed by atoms with E-state index in [4.69, 9.17) is 5.73 Å². The average molecular weight is 305 g/mol. The van der Waals surface area contributed by atoms with Crippen LogP contribution in [0.3, 0.4) is 0 Å². The molecule has 4 nitrogen and oxygen atoms in total. The number of aryl methyl sites for hydroxylation is 1. The number of aromatic nitrogens is 1. The molecule has 110 valence electrons. The van der Waals surface area contributed by atoms with Crippen molar-refractivity contribution < 1.29 is 9.18 Å². The van der Waals surface area contributed by atoms with Gasteiger partial charge < -0.3 is 5.73 Å². The molecule has 0 bridgehead atoms. The van der Waals surface area contributed by atoms with Gasteiger partial charge in [-0.15, -0.1) is 11.3 Å². The maximum absolute atomic E-state index is 13.3. The van der Waals surface area contributed by atoms with E-state index in [1.807, 2.05) is 17.2 Å². The van der Waals surface area contributed by atoms with Crippen LogP contribution >= 0.6 is 11.3 Å². The molecule has 1 aliphatic rings. The van der Waals surface area contributed by atoms with Crippen LogP contribution in [0.2, 0.25) is 0 Å². The third-order valence-electron chi connectivity index (χ3n) is 3.73. The van der Waals surface area contributed by atoms with E-state index >= 15 is 0 Å². The predicted octanol–water partition coefficient (Wildman–Crippen LogP) is 2.18. The fourth-order valence-corrected chi connectivity index (χ4v) is 3.44. The number of carbonyl (C=O) groups is 1. The highest BCUT2D eigenvalue weighted by Gasteiger charge is 2.32. The van der Waals surface area contributed by atoms with Crippen LogP contribution < -0.4 is 5.73 Å². The van der Waals surface area contributed by atoms with Gasteiger partial charge in [0.25, 0.3) is 0 Å². The van der Waals surface area contributed by atoms with Gasteiger partial charge in [-0.2, -0.15) is 0 Å². The Morgan fingerprint density at radius 2 is 2.38 bits per heavy atom. The van der Waals surface area contributed by atoms with E-state index in [-0.39, 0.29) is 5.82 Å². The molecule has 0 spiro atoms. The van der Waals surface area contributed by atoms with Crippen LogP contribution in [0.4, 0.5) is 4.39 Å². The molecule has 1 aromatic heterocycles. The van der Waals surface area contributed by atoms with Crippen molar-refractivity contribution in [3.63, 3.8) is 0 Å². The number of amides is 1. The molecular weight excluding hydrogens is 289 g/mol. The van der Waals surface area contributed by atoms with Crippen LogP contribution in [0.1, 0.15) is 27.9 Å². The van der Waals surface area contributed by atoms with Crippen LogP contribution in [-0.4, -0.2) is 22.3 Å². The number of nitrogens with zero attached hydrogens (tertiary/aromatic N) is 2. The smallest absolute Gasteiger partial charge is 0.239 e. The predicted molar refractivity (Wildman–Crippen MR) is 79.3 cm³/mol. The third-order valence-corrected chi connectivity index (χ3v) is 4.56. The van der Waals surface area contributed by atoms with E-state index in [1.54, 1.807) is 17.4 Å². The number of fused-ring (bicyclic) bond motifs is 1. The molecule has 0 radical (unpaired) electrons. The van der Waals surface area contributed by atoms with Gasteiger partial charge in [-0.3, -0.25) is 9.69 Å². The number of primary amides is 1. The number of rotatable bonds is 3. The summed E-state index contributed by atoms with van der Waals surface area (Å²) in [5.41, 5.74) is 8.19. The highest BCUT2D eigenvalue weighted by Crippen LogP contribution is 2.31. The summed E-state index contributed by atoms with van der Waals surface area (Å²) in [6.45, 7) is 3.20. The molecule has 0 saturated heterocycles. The van der Waals surface area contributed by atoms with Crippen molar-refractivity contribution in [3.8, 4) is 0 Å². The average Bonchev–Trinajstić information content (AvgIpc) is 2.83. The number of hydrogen-bond acceptors (Lipinski definition) is 4. The first kappa shape index (κ1) is 14.2. The Kier molecular flexibility index (Phi) is 3.73. The van der Waals surface area contributed by atoms with Crippen molar-refractivity contribution >= 4 is 17.2 Å². The summed E-state index contributed by atoms with van der Waals surface area (Å²) in [5, 5.41) is 2.99. The summed E-state index contributed by atoms with van der Waals surface area (Å²) in [6.07, 6.45) is 0.708. The molecule has 3 rings (SSSR count). The summed E-state index contributed by atoms with van der Waals surface area (Å²) in [6, 6.07) is 4.02. The topological polar surface area (TPSA) is 59.2 Å². The minimum Gasteiger partial charge on any atom is -0.368 e. The standard InChI is InChI=1S/C15H16FN3OS/c1-9-18-12(8-21-9)7-19-5-4-10-6-11(16)2-3-13(10)14(19)15(17)20/h2-3,6,8,14H,4-5,7H2,1H3,(H2,17,20). The van der Waals surface area contributed by atoms with Gasteiger partial charge in [0.2, 0.25) is 5.91 Å². The summed E-state index contributed by atoms with van der Waals surface area (Å²) >= 11 is 1.59. The van der Waals surface area contributed by atoms with Gasteiger partial charge in [-0.25, -0.2) is 9.37 Å². The van der Waals surface area contributed by atoms with Crippen molar-refractivity contribution in [1.82, 2.24) is 9.88 Å². The molecule has 0 saturated carbocycles. The van der Waals surface area contributed by atoms with E-state index in [0.29, 0.717) is 19.5 Å². The molecule has 2 aromatic rings. The molecule has 0 fully saturated rings. The van der Waals surface area contributed by atoms with E-state index in [2.05, 4.69) is 4.98 Å². The van der Waals surface area contributed by atoms with E-state index in [0.717, 1.165) is 21.8 Å². The quantitative estimate of drug-likeness (QED) is 0.945. The number of halogens is 1. The van der Waals surface area contributed by atoms with Crippen LogP contribution in [0.5, 0.6) is 0 Å². The first-order valence-corrected chi connectivity index (χ1v) is 7.65. The van der Waals surface area contributed by atoms with Crippen molar-refractivity contribution in [2.75, 3.05) is 6.54 Å². The van der Waals surface area contributed by atoms with Gasteiger partial charge in [0.05, 0.1) is 10.7 Å². The highest BCUT2D eigenvalue weighted by atomic mass is 32.1. The molecule has 6 heteroatoms. The minimum absolute atomic E-state index is 0.277. The minimum atomic E-state index is -0.517. The largest absolute Gasteiger partial charge is 0.368 e. The Morgan fingerprint density at radius 3 is 3.05 bits per heavy atom. The van der Waals surface area contributed by atoms with Crippen molar-refractivity contribution in [2.45, 2.75) is 25.9 Å². The highest BCUT2D eigenvalue weighted by molar-refractivity contribution is 7.09. The van der Waals surface area contributed by atoms with Crippen molar-refractivity contribution in [1.29, 1.82) is 0 Å². The summed E-state index contributed by atoms with van der Waals surface area (Å²) < 4.78 is 13.3. The van der Waals surface area contributed by atoms with Crippen LogP contribution in [0.25, 0.3) is 0 Å². The van der Waals surface area contributed by atoms with Gasteiger partial charge in [0.1, 0.15) is 11.9 Å². The SMILES string of the molecule is Cc1nc(CN2CCc3cc(F)ccc3C2C(N)=O)cs1. The Hall–Kier alpha value is -1.79. The summed E-state index contributed by atoms with van der Waals surface area (Å²) in [5.74, 6) is -0.685. The van der Waals surface area contributed by atoms with Crippen molar-refractivity contribution in [3.05, 3.63) is 51.2 Å². The van der Waals surface area contributed by atoms with Gasteiger partial charge in [-0.05, 0) is 36.6 Å². The number of nitrogens with two attached hydrogens (primary N) is 1. The Bertz CT molecular complexity index is 685. The lowest BCUT2D eigenvalue weighted by Crippen LogP contribution is -2.42.